The van der Waals surface area contributed by atoms with Gasteiger partial charge in [-0.25, -0.2) is 0 Å². The number of benzene rings is 1. The van der Waals surface area contributed by atoms with Crippen LogP contribution in [0.1, 0.15) is 24.8 Å². The molecule has 1 atom stereocenters. The van der Waals surface area contributed by atoms with Crippen LogP contribution in [0.4, 0.5) is 5.69 Å². The highest BCUT2D eigenvalue weighted by Crippen LogP contribution is 2.33. The van der Waals surface area contributed by atoms with Crippen molar-refractivity contribution in [2.24, 2.45) is 10.4 Å². The topological polar surface area (TPSA) is 103 Å². The van der Waals surface area contributed by atoms with Gasteiger partial charge in [-0.3, -0.25) is 9.79 Å². The third-order valence-electron chi connectivity index (χ3n) is 5.19. The van der Waals surface area contributed by atoms with Crippen LogP contribution >= 0.6 is 0 Å². The first kappa shape index (κ1) is 17.7. The SMILES string of the molecule is COc1ccc2c(c1)C(=NCCC1(C(=O)O)CCNCC1)C(O)CN2. The number of nitrogens with zero attached hydrogens (tertiary/aromatic N) is 1. The van der Waals surface area contributed by atoms with Crippen molar-refractivity contribution in [3.05, 3.63) is 23.8 Å². The molecule has 4 N–H and O–H groups in total. The Morgan fingerprint density at radius 3 is 2.84 bits per heavy atom. The Morgan fingerprint density at radius 2 is 2.16 bits per heavy atom. The van der Waals surface area contributed by atoms with Crippen molar-refractivity contribution >= 4 is 17.4 Å². The highest BCUT2D eigenvalue weighted by molar-refractivity contribution is 6.09. The number of aliphatic imine (C=N–C) groups is 1. The number of ether oxygens (including phenoxy) is 1. The van der Waals surface area contributed by atoms with Crippen molar-refractivity contribution < 1.29 is 19.7 Å². The number of carboxylic acids is 1. The summed E-state index contributed by atoms with van der Waals surface area (Å²) < 4.78 is 5.26. The van der Waals surface area contributed by atoms with E-state index in [9.17, 15) is 15.0 Å². The molecule has 1 unspecified atom stereocenters. The molecule has 2 aliphatic rings. The lowest BCUT2D eigenvalue weighted by Gasteiger charge is -2.33. The van der Waals surface area contributed by atoms with Gasteiger partial charge < -0.3 is 25.6 Å². The van der Waals surface area contributed by atoms with Crippen LogP contribution in [0.5, 0.6) is 5.75 Å². The molecule has 0 aliphatic carbocycles. The molecule has 136 valence electrons. The number of methoxy groups -OCH3 is 1. The second kappa shape index (κ2) is 7.41. The second-order valence-electron chi connectivity index (χ2n) is 6.66. The van der Waals surface area contributed by atoms with Gasteiger partial charge in [0.15, 0.2) is 0 Å². The zero-order chi connectivity index (χ0) is 17.9. The van der Waals surface area contributed by atoms with E-state index in [2.05, 4.69) is 15.6 Å². The molecule has 7 heteroatoms. The minimum Gasteiger partial charge on any atom is -0.497 e. The molecule has 0 bridgehead atoms. The largest absolute Gasteiger partial charge is 0.497 e. The number of hydrogen-bond donors (Lipinski definition) is 4. The fourth-order valence-corrected chi connectivity index (χ4v) is 3.56. The number of β-amino-alcohol motifs (C(OH)–C–C–N with tert-alkyl or cyclic N) is 1. The van der Waals surface area contributed by atoms with Crippen LogP contribution in [0.3, 0.4) is 0 Å². The maximum Gasteiger partial charge on any atom is 0.309 e. The quantitative estimate of drug-likeness (QED) is 0.636. The van der Waals surface area contributed by atoms with Gasteiger partial charge in [0.05, 0.1) is 18.2 Å². The molecule has 3 rings (SSSR count). The van der Waals surface area contributed by atoms with Crippen molar-refractivity contribution in [1.82, 2.24) is 5.32 Å². The summed E-state index contributed by atoms with van der Waals surface area (Å²) in [6.45, 7) is 2.21. The van der Waals surface area contributed by atoms with Crippen molar-refractivity contribution in [2.75, 3.05) is 38.6 Å². The standard InChI is InChI=1S/C18H25N3O4/c1-25-12-2-3-14-13(10-12)16(15(22)11-21-14)20-9-6-18(17(23)24)4-7-19-8-5-18/h2-3,10,15,19,21-22H,4-9,11H2,1H3,(H,23,24). The molecule has 2 heterocycles. The molecule has 2 aliphatic heterocycles. The summed E-state index contributed by atoms with van der Waals surface area (Å²) in [5.41, 5.74) is 1.60. The zero-order valence-electron chi connectivity index (χ0n) is 14.4. The molecule has 0 aromatic heterocycles. The molecule has 0 radical (unpaired) electrons. The van der Waals surface area contributed by atoms with Crippen molar-refractivity contribution in [1.29, 1.82) is 0 Å². The molecule has 0 spiro atoms. The number of carbonyl (C=O) groups is 1. The molecule has 0 saturated carbocycles. The molecular formula is C18H25N3O4. The number of carboxylic acid groups (broad SMARTS) is 1. The summed E-state index contributed by atoms with van der Waals surface area (Å²) in [6.07, 6.45) is 0.990. The number of fused-ring (bicyclic) bond motifs is 1. The Bertz CT molecular complexity index is 668. The number of aliphatic carboxylic acids is 1. The molecule has 1 aromatic rings. The van der Waals surface area contributed by atoms with Gasteiger partial charge in [0.1, 0.15) is 11.9 Å². The minimum absolute atomic E-state index is 0.384. The number of hydrogen-bond acceptors (Lipinski definition) is 6. The Morgan fingerprint density at radius 1 is 1.40 bits per heavy atom. The fourth-order valence-electron chi connectivity index (χ4n) is 3.56. The lowest BCUT2D eigenvalue weighted by atomic mass is 9.76. The summed E-state index contributed by atoms with van der Waals surface area (Å²) in [4.78, 5) is 16.3. The Kier molecular flexibility index (Phi) is 5.24. The highest BCUT2D eigenvalue weighted by atomic mass is 16.5. The molecular weight excluding hydrogens is 322 g/mol. The summed E-state index contributed by atoms with van der Waals surface area (Å²) in [7, 11) is 1.60. The Labute approximate surface area is 147 Å². The van der Waals surface area contributed by atoms with E-state index in [0.717, 1.165) is 24.3 Å². The Hall–Kier alpha value is -2.12. The first-order valence-corrected chi connectivity index (χ1v) is 8.64. The van der Waals surface area contributed by atoms with Gasteiger partial charge in [-0.05, 0) is 50.6 Å². The van der Waals surface area contributed by atoms with Crippen LogP contribution in [-0.2, 0) is 4.79 Å². The van der Waals surface area contributed by atoms with Crippen LogP contribution < -0.4 is 15.4 Å². The van der Waals surface area contributed by atoms with E-state index in [1.807, 2.05) is 18.2 Å². The first-order chi connectivity index (χ1) is 12.1. The van der Waals surface area contributed by atoms with Crippen LogP contribution in [0, 0.1) is 5.41 Å². The van der Waals surface area contributed by atoms with Crippen LogP contribution in [0.15, 0.2) is 23.2 Å². The predicted molar refractivity (Wildman–Crippen MR) is 95.7 cm³/mol. The van der Waals surface area contributed by atoms with Crippen LogP contribution in [0.25, 0.3) is 0 Å². The number of aliphatic hydroxyl groups is 1. The molecule has 1 saturated heterocycles. The summed E-state index contributed by atoms with van der Waals surface area (Å²) in [6, 6.07) is 5.61. The van der Waals surface area contributed by atoms with Gasteiger partial charge in [0, 0.05) is 24.3 Å². The van der Waals surface area contributed by atoms with E-state index in [0.29, 0.717) is 43.8 Å². The fraction of sp³-hybridized carbons (Fsp3) is 0.556. The van der Waals surface area contributed by atoms with Crippen molar-refractivity contribution in [2.45, 2.75) is 25.4 Å². The maximum atomic E-state index is 11.8. The van der Waals surface area contributed by atoms with Gasteiger partial charge in [0.25, 0.3) is 0 Å². The monoisotopic (exact) mass is 347 g/mol. The number of anilines is 1. The average molecular weight is 347 g/mol. The minimum atomic E-state index is -0.748. The highest BCUT2D eigenvalue weighted by Gasteiger charge is 2.39. The summed E-state index contributed by atoms with van der Waals surface area (Å²) in [5, 5.41) is 26.4. The van der Waals surface area contributed by atoms with Crippen molar-refractivity contribution in [3.63, 3.8) is 0 Å². The average Bonchev–Trinajstić information content (AvgIpc) is 2.63. The maximum absolute atomic E-state index is 11.8. The van der Waals surface area contributed by atoms with E-state index >= 15 is 0 Å². The lowest BCUT2D eigenvalue weighted by molar-refractivity contribution is -0.151. The zero-order valence-corrected chi connectivity index (χ0v) is 14.4. The molecule has 0 amide bonds. The first-order valence-electron chi connectivity index (χ1n) is 8.64. The number of rotatable bonds is 5. The smallest absolute Gasteiger partial charge is 0.309 e. The number of aliphatic hydroxyl groups excluding tert-OH is 1. The van der Waals surface area contributed by atoms with Crippen molar-refractivity contribution in [3.8, 4) is 5.75 Å². The number of nitrogens with one attached hydrogen (secondary N) is 2. The molecule has 1 aromatic carbocycles. The van der Waals surface area contributed by atoms with E-state index in [-0.39, 0.29) is 0 Å². The Balaban J connectivity index is 1.80. The van der Waals surface area contributed by atoms with Crippen LogP contribution in [0.2, 0.25) is 0 Å². The van der Waals surface area contributed by atoms with Gasteiger partial charge >= 0.3 is 5.97 Å². The summed E-state index contributed by atoms with van der Waals surface area (Å²) >= 11 is 0. The van der Waals surface area contributed by atoms with Gasteiger partial charge in [0.2, 0.25) is 0 Å². The van der Waals surface area contributed by atoms with E-state index in [1.165, 1.54) is 0 Å². The third-order valence-corrected chi connectivity index (χ3v) is 5.19. The van der Waals surface area contributed by atoms with E-state index in [1.54, 1.807) is 7.11 Å². The van der Waals surface area contributed by atoms with Gasteiger partial charge in [-0.1, -0.05) is 0 Å². The molecule has 25 heavy (non-hydrogen) atoms. The number of piperidine rings is 1. The van der Waals surface area contributed by atoms with E-state index in [4.69, 9.17) is 4.74 Å². The second-order valence-corrected chi connectivity index (χ2v) is 6.66. The van der Waals surface area contributed by atoms with Gasteiger partial charge in [-0.2, -0.15) is 0 Å². The van der Waals surface area contributed by atoms with Gasteiger partial charge in [-0.15, -0.1) is 0 Å². The summed E-state index contributed by atoms with van der Waals surface area (Å²) in [5.74, 6) is -0.0511. The lowest BCUT2D eigenvalue weighted by Crippen LogP contribution is -2.42. The normalized spacial score (nSPS) is 23.6. The third kappa shape index (κ3) is 3.62. The predicted octanol–water partition coefficient (Wildman–Crippen LogP) is 1.12. The van der Waals surface area contributed by atoms with Crippen LogP contribution in [-0.4, -0.2) is 61.3 Å². The molecule has 7 nitrogen and oxygen atoms in total. The molecule has 1 fully saturated rings. The van der Waals surface area contributed by atoms with E-state index < -0.39 is 17.5 Å².